The lowest BCUT2D eigenvalue weighted by atomic mass is 9.80. The Morgan fingerprint density at radius 1 is 1.50 bits per heavy atom. The molecule has 0 bridgehead atoms. The summed E-state index contributed by atoms with van der Waals surface area (Å²) in [6.45, 7) is 6.33. The molecule has 0 fully saturated rings. The van der Waals surface area contributed by atoms with Gasteiger partial charge in [0.05, 0.1) is 5.69 Å². The second-order valence-corrected chi connectivity index (χ2v) is 4.23. The highest BCUT2D eigenvalue weighted by Gasteiger charge is 2.26. The molecule has 1 unspecified atom stereocenters. The summed E-state index contributed by atoms with van der Waals surface area (Å²) in [5.74, 6) is -1.19. The summed E-state index contributed by atoms with van der Waals surface area (Å²) in [6, 6.07) is 1.81. The van der Waals surface area contributed by atoms with Gasteiger partial charge in [-0.25, -0.2) is 14.8 Å². The average molecular weight is 222 g/mol. The van der Waals surface area contributed by atoms with Gasteiger partial charge in [0.2, 0.25) is 5.82 Å². The molecular formula is C12H18N2O2. The monoisotopic (exact) mass is 222 g/mol. The number of hydrogen-bond acceptors (Lipinski definition) is 3. The summed E-state index contributed by atoms with van der Waals surface area (Å²) in [7, 11) is 0. The summed E-state index contributed by atoms with van der Waals surface area (Å²) in [5.41, 5.74) is 0.770. The Balaban J connectivity index is 3.10. The second kappa shape index (κ2) is 5.05. The fourth-order valence-electron chi connectivity index (χ4n) is 1.84. The molecule has 0 radical (unpaired) electrons. The van der Waals surface area contributed by atoms with Crippen LogP contribution in [0.15, 0.2) is 12.3 Å². The lowest BCUT2D eigenvalue weighted by Crippen LogP contribution is -2.23. The van der Waals surface area contributed by atoms with Crippen molar-refractivity contribution >= 4 is 5.97 Å². The first kappa shape index (κ1) is 12.6. The summed E-state index contributed by atoms with van der Waals surface area (Å²) < 4.78 is 0. The quantitative estimate of drug-likeness (QED) is 0.831. The van der Waals surface area contributed by atoms with Crippen LogP contribution in [-0.2, 0) is 5.41 Å². The number of carboxylic acid groups (broad SMARTS) is 1. The number of nitrogens with zero attached hydrogens (tertiary/aromatic N) is 2. The zero-order chi connectivity index (χ0) is 12.2. The van der Waals surface area contributed by atoms with Crippen LogP contribution in [0.1, 0.15) is 56.3 Å². The Morgan fingerprint density at radius 2 is 2.19 bits per heavy atom. The predicted molar refractivity (Wildman–Crippen MR) is 61.5 cm³/mol. The number of rotatable bonds is 5. The summed E-state index contributed by atoms with van der Waals surface area (Å²) in [5, 5.41) is 8.85. The van der Waals surface area contributed by atoms with Crippen LogP contribution in [0, 0.1) is 0 Å². The van der Waals surface area contributed by atoms with E-state index in [1.807, 2.05) is 6.07 Å². The SMILES string of the molecule is CCCC(C)(CC)c1ccnc(C(=O)O)n1. The zero-order valence-corrected chi connectivity index (χ0v) is 10.0. The first-order valence-corrected chi connectivity index (χ1v) is 5.60. The standard InChI is InChI=1S/C12H18N2O2/c1-4-7-12(3,5-2)9-6-8-13-10(14-9)11(15)16/h6,8H,4-5,7H2,1-3H3,(H,15,16). The van der Waals surface area contributed by atoms with Gasteiger partial charge >= 0.3 is 5.97 Å². The fourth-order valence-corrected chi connectivity index (χ4v) is 1.84. The Kier molecular flexibility index (Phi) is 3.99. The number of carboxylic acids is 1. The van der Waals surface area contributed by atoms with Gasteiger partial charge in [0.1, 0.15) is 0 Å². The number of carbonyl (C=O) groups is 1. The van der Waals surface area contributed by atoms with E-state index in [9.17, 15) is 4.79 Å². The van der Waals surface area contributed by atoms with Gasteiger partial charge in [-0.3, -0.25) is 0 Å². The molecule has 16 heavy (non-hydrogen) atoms. The molecule has 0 saturated carbocycles. The van der Waals surface area contributed by atoms with Crippen LogP contribution < -0.4 is 0 Å². The molecule has 4 heteroatoms. The van der Waals surface area contributed by atoms with E-state index in [0.29, 0.717) is 0 Å². The maximum Gasteiger partial charge on any atom is 0.373 e. The van der Waals surface area contributed by atoms with Gasteiger partial charge in [-0.1, -0.05) is 27.2 Å². The molecule has 88 valence electrons. The second-order valence-electron chi connectivity index (χ2n) is 4.23. The van der Waals surface area contributed by atoms with E-state index in [1.165, 1.54) is 6.20 Å². The van der Waals surface area contributed by atoms with Crippen molar-refractivity contribution in [3.05, 3.63) is 23.8 Å². The van der Waals surface area contributed by atoms with E-state index in [2.05, 4.69) is 30.7 Å². The van der Waals surface area contributed by atoms with Crippen molar-refractivity contribution in [3.8, 4) is 0 Å². The van der Waals surface area contributed by atoms with E-state index < -0.39 is 5.97 Å². The van der Waals surface area contributed by atoms with E-state index >= 15 is 0 Å². The van der Waals surface area contributed by atoms with Crippen LogP contribution in [0.4, 0.5) is 0 Å². The third-order valence-electron chi connectivity index (χ3n) is 3.05. The largest absolute Gasteiger partial charge is 0.475 e. The maximum atomic E-state index is 10.8. The van der Waals surface area contributed by atoms with Gasteiger partial charge in [0.25, 0.3) is 0 Å². The first-order chi connectivity index (χ1) is 7.53. The molecule has 1 atom stereocenters. The summed E-state index contributed by atoms with van der Waals surface area (Å²) in [4.78, 5) is 18.7. The molecular weight excluding hydrogens is 204 g/mol. The van der Waals surface area contributed by atoms with Crippen molar-refractivity contribution in [1.82, 2.24) is 9.97 Å². The van der Waals surface area contributed by atoms with Crippen LogP contribution >= 0.6 is 0 Å². The third kappa shape index (κ3) is 2.56. The Hall–Kier alpha value is -1.45. The highest BCUT2D eigenvalue weighted by molar-refractivity contribution is 5.82. The topological polar surface area (TPSA) is 63.1 Å². The van der Waals surface area contributed by atoms with Crippen LogP contribution in [0.3, 0.4) is 0 Å². The molecule has 1 aromatic rings. The van der Waals surface area contributed by atoms with Crippen molar-refractivity contribution in [2.75, 3.05) is 0 Å². The van der Waals surface area contributed by atoms with E-state index in [-0.39, 0.29) is 11.2 Å². The molecule has 0 aliphatic heterocycles. The normalized spacial score (nSPS) is 14.4. The molecule has 0 spiro atoms. The van der Waals surface area contributed by atoms with Gasteiger partial charge < -0.3 is 5.11 Å². The molecule has 0 aliphatic rings. The number of aromatic carboxylic acids is 1. The van der Waals surface area contributed by atoms with E-state index in [0.717, 1.165) is 25.0 Å². The first-order valence-electron chi connectivity index (χ1n) is 5.60. The van der Waals surface area contributed by atoms with Gasteiger partial charge in [-0.15, -0.1) is 0 Å². The third-order valence-corrected chi connectivity index (χ3v) is 3.05. The lowest BCUT2D eigenvalue weighted by molar-refractivity contribution is 0.0682. The molecule has 1 N–H and O–H groups in total. The van der Waals surface area contributed by atoms with Gasteiger partial charge in [0, 0.05) is 11.6 Å². The Labute approximate surface area is 95.7 Å². The van der Waals surface area contributed by atoms with Gasteiger partial charge in [-0.2, -0.15) is 0 Å². The molecule has 4 nitrogen and oxygen atoms in total. The van der Waals surface area contributed by atoms with Crippen molar-refractivity contribution < 1.29 is 9.90 Å². The molecule has 0 amide bonds. The highest BCUT2D eigenvalue weighted by atomic mass is 16.4. The van der Waals surface area contributed by atoms with Gasteiger partial charge in [-0.05, 0) is 18.9 Å². The lowest BCUT2D eigenvalue weighted by Gasteiger charge is -2.27. The molecule has 0 saturated heterocycles. The van der Waals surface area contributed by atoms with Crippen LogP contribution in [-0.4, -0.2) is 21.0 Å². The molecule has 1 heterocycles. The minimum absolute atomic E-state index is 0.0537. The fraction of sp³-hybridized carbons (Fsp3) is 0.583. The smallest absolute Gasteiger partial charge is 0.373 e. The van der Waals surface area contributed by atoms with Crippen molar-refractivity contribution in [2.24, 2.45) is 0 Å². The van der Waals surface area contributed by atoms with E-state index in [1.54, 1.807) is 0 Å². The average Bonchev–Trinajstić information content (AvgIpc) is 2.29. The zero-order valence-electron chi connectivity index (χ0n) is 10.0. The van der Waals surface area contributed by atoms with Crippen molar-refractivity contribution in [2.45, 2.75) is 45.4 Å². The van der Waals surface area contributed by atoms with Gasteiger partial charge in [0.15, 0.2) is 0 Å². The summed E-state index contributed by atoms with van der Waals surface area (Å²) in [6.07, 6.45) is 4.52. The minimum Gasteiger partial charge on any atom is -0.475 e. The molecule has 0 aliphatic carbocycles. The maximum absolute atomic E-state index is 10.8. The Bertz CT molecular complexity index is 379. The van der Waals surface area contributed by atoms with Crippen LogP contribution in [0.25, 0.3) is 0 Å². The van der Waals surface area contributed by atoms with Crippen molar-refractivity contribution in [1.29, 1.82) is 0 Å². The summed E-state index contributed by atoms with van der Waals surface area (Å²) >= 11 is 0. The predicted octanol–water partition coefficient (Wildman–Crippen LogP) is 2.64. The van der Waals surface area contributed by atoms with E-state index in [4.69, 9.17) is 5.11 Å². The molecule has 1 rings (SSSR count). The van der Waals surface area contributed by atoms with Crippen molar-refractivity contribution in [3.63, 3.8) is 0 Å². The molecule has 0 aromatic carbocycles. The van der Waals surface area contributed by atoms with Crippen LogP contribution in [0.2, 0.25) is 0 Å². The number of aromatic nitrogens is 2. The Morgan fingerprint density at radius 3 is 2.69 bits per heavy atom. The van der Waals surface area contributed by atoms with Crippen LogP contribution in [0.5, 0.6) is 0 Å². The minimum atomic E-state index is -1.07. The number of hydrogen-bond donors (Lipinski definition) is 1. The highest BCUT2D eigenvalue weighted by Crippen LogP contribution is 2.30. The molecule has 1 aromatic heterocycles.